The van der Waals surface area contributed by atoms with Gasteiger partial charge in [0.2, 0.25) is 6.79 Å². The van der Waals surface area contributed by atoms with E-state index in [1.165, 1.54) is 18.2 Å². The number of aromatic nitrogens is 1. The lowest BCUT2D eigenvalue weighted by atomic mass is 10.2. The van der Waals surface area contributed by atoms with Gasteiger partial charge in [-0.1, -0.05) is 6.07 Å². The Morgan fingerprint density at radius 1 is 0.962 bits per heavy atom. The van der Waals surface area contributed by atoms with E-state index < -0.39 is 11.7 Å². The maximum Gasteiger partial charge on any atom is 0.274 e. The summed E-state index contributed by atoms with van der Waals surface area (Å²) >= 11 is 0. The first-order valence-electron chi connectivity index (χ1n) is 7.87. The number of ether oxygens (including phenoxy) is 2. The van der Waals surface area contributed by atoms with Crippen LogP contribution in [0.5, 0.6) is 11.5 Å². The maximum absolute atomic E-state index is 13.2. The molecule has 0 bridgehead atoms. The van der Waals surface area contributed by atoms with Crippen molar-refractivity contribution in [2.75, 3.05) is 17.4 Å². The van der Waals surface area contributed by atoms with E-state index in [-0.39, 0.29) is 12.5 Å². The maximum atomic E-state index is 13.2. The molecule has 0 fully saturated rings. The van der Waals surface area contributed by atoms with Gasteiger partial charge in [-0.3, -0.25) is 4.79 Å². The Balaban J connectivity index is 1.44. The zero-order valence-electron chi connectivity index (χ0n) is 13.5. The van der Waals surface area contributed by atoms with Crippen molar-refractivity contribution in [1.82, 2.24) is 4.98 Å². The molecule has 0 spiro atoms. The van der Waals surface area contributed by atoms with Crippen molar-refractivity contribution >= 4 is 23.0 Å². The van der Waals surface area contributed by atoms with Crippen molar-refractivity contribution in [2.24, 2.45) is 0 Å². The topological polar surface area (TPSA) is 72.5 Å². The Hall–Kier alpha value is -3.61. The van der Waals surface area contributed by atoms with Gasteiger partial charge >= 0.3 is 0 Å². The van der Waals surface area contributed by atoms with E-state index in [2.05, 4.69) is 15.6 Å². The fraction of sp³-hybridized carbons (Fsp3) is 0.0526. The zero-order chi connectivity index (χ0) is 17.9. The van der Waals surface area contributed by atoms with E-state index in [1.54, 1.807) is 24.4 Å². The molecule has 2 aromatic carbocycles. The van der Waals surface area contributed by atoms with Gasteiger partial charge < -0.3 is 20.1 Å². The first-order valence-corrected chi connectivity index (χ1v) is 7.87. The normalized spacial score (nSPS) is 11.9. The third-order valence-electron chi connectivity index (χ3n) is 3.74. The van der Waals surface area contributed by atoms with Gasteiger partial charge in [-0.05, 0) is 42.5 Å². The molecule has 130 valence electrons. The lowest BCUT2D eigenvalue weighted by Crippen LogP contribution is -2.13. The Kier molecular flexibility index (Phi) is 4.10. The van der Waals surface area contributed by atoms with Crippen LogP contribution in [0.2, 0.25) is 0 Å². The van der Waals surface area contributed by atoms with Crippen LogP contribution in [0.3, 0.4) is 0 Å². The van der Waals surface area contributed by atoms with Gasteiger partial charge in [-0.15, -0.1) is 0 Å². The van der Waals surface area contributed by atoms with Crippen LogP contribution < -0.4 is 20.1 Å². The molecule has 0 unspecified atom stereocenters. The molecule has 2 heterocycles. The molecule has 3 aromatic rings. The average Bonchev–Trinajstić information content (AvgIpc) is 3.10. The molecule has 0 saturated heterocycles. The van der Waals surface area contributed by atoms with Crippen LogP contribution in [-0.4, -0.2) is 17.7 Å². The van der Waals surface area contributed by atoms with Crippen molar-refractivity contribution < 1.29 is 18.7 Å². The Morgan fingerprint density at radius 3 is 2.62 bits per heavy atom. The van der Waals surface area contributed by atoms with E-state index in [1.807, 2.05) is 18.2 Å². The molecule has 1 aromatic heterocycles. The summed E-state index contributed by atoms with van der Waals surface area (Å²) in [6.07, 6.45) is 1.55. The minimum absolute atomic E-state index is 0.218. The largest absolute Gasteiger partial charge is 0.454 e. The summed E-state index contributed by atoms with van der Waals surface area (Å²) in [6, 6.07) is 14.5. The molecule has 0 saturated carbocycles. The van der Waals surface area contributed by atoms with Crippen LogP contribution in [0.1, 0.15) is 10.5 Å². The molecule has 2 N–H and O–H groups in total. The molecule has 0 radical (unpaired) electrons. The van der Waals surface area contributed by atoms with E-state index in [4.69, 9.17) is 9.47 Å². The highest BCUT2D eigenvalue weighted by molar-refractivity contribution is 6.02. The minimum atomic E-state index is -0.418. The third kappa shape index (κ3) is 3.41. The van der Waals surface area contributed by atoms with Crippen molar-refractivity contribution in [2.45, 2.75) is 0 Å². The lowest BCUT2D eigenvalue weighted by molar-refractivity contribution is 0.102. The SMILES string of the molecule is O=C(Nc1cccc(F)c1)c1ccc(Nc2ccc3c(c2)OCO3)cn1. The highest BCUT2D eigenvalue weighted by Crippen LogP contribution is 2.35. The number of pyridine rings is 1. The summed E-state index contributed by atoms with van der Waals surface area (Å²) in [5.41, 5.74) is 2.13. The van der Waals surface area contributed by atoms with Crippen LogP contribution in [0.4, 0.5) is 21.5 Å². The second kappa shape index (κ2) is 6.72. The van der Waals surface area contributed by atoms with Gasteiger partial charge in [0.15, 0.2) is 11.5 Å². The van der Waals surface area contributed by atoms with Crippen molar-refractivity contribution in [3.8, 4) is 11.5 Å². The molecule has 7 heteroatoms. The number of benzene rings is 2. The standard InChI is InChI=1S/C19H14FN3O3/c20-12-2-1-3-13(8-12)23-19(24)16-6-4-15(10-21-16)22-14-5-7-17-18(9-14)26-11-25-17/h1-10,22H,11H2,(H,23,24). The second-order valence-electron chi connectivity index (χ2n) is 5.59. The summed E-state index contributed by atoms with van der Waals surface area (Å²) in [5, 5.41) is 5.78. The monoisotopic (exact) mass is 351 g/mol. The van der Waals surface area contributed by atoms with E-state index in [0.29, 0.717) is 22.9 Å². The summed E-state index contributed by atoms with van der Waals surface area (Å²) in [4.78, 5) is 16.3. The van der Waals surface area contributed by atoms with E-state index in [0.717, 1.165) is 5.69 Å². The predicted octanol–water partition coefficient (Wildman–Crippen LogP) is 3.95. The van der Waals surface area contributed by atoms with Gasteiger partial charge in [0, 0.05) is 17.4 Å². The average molecular weight is 351 g/mol. The number of hydrogen-bond donors (Lipinski definition) is 2. The van der Waals surface area contributed by atoms with Crippen molar-refractivity contribution in [1.29, 1.82) is 0 Å². The number of amides is 1. The molecular weight excluding hydrogens is 337 g/mol. The Labute approximate surface area is 148 Å². The van der Waals surface area contributed by atoms with Crippen molar-refractivity contribution in [3.63, 3.8) is 0 Å². The van der Waals surface area contributed by atoms with Crippen molar-refractivity contribution in [3.05, 3.63) is 72.3 Å². The van der Waals surface area contributed by atoms with Crippen LogP contribution in [0.25, 0.3) is 0 Å². The summed E-state index contributed by atoms with van der Waals surface area (Å²) in [7, 11) is 0. The van der Waals surface area contributed by atoms with Gasteiger partial charge in [0.25, 0.3) is 5.91 Å². The predicted molar refractivity (Wildman–Crippen MR) is 94.4 cm³/mol. The van der Waals surface area contributed by atoms with E-state index >= 15 is 0 Å². The molecule has 4 rings (SSSR count). The number of nitrogens with one attached hydrogen (secondary N) is 2. The second-order valence-corrected chi connectivity index (χ2v) is 5.59. The fourth-order valence-corrected chi connectivity index (χ4v) is 2.50. The van der Waals surface area contributed by atoms with Gasteiger partial charge in [-0.25, -0.2) is 9.37 Å². The highest BCUT2D eigenvalue weighted by Gasteiger charge is 2.13. The fourth-order valence-electron chi connectivity index (χ4n) is 2.50. The number of rotatable bonds is 4. The summed E-state index contributed by atoms with van der Waals surface area (Å²) in [5.74, 6) is 0.552. The summed E-state index contributed by atoms with van der Waals surface area (Å²) in [6.45, 7) is 0.218. The highest BCUT2D eigenvalue weighted by atomic mass is 19.1. The minimum Gasteiger partial charge on any atom is -0.454 e. The molecule has 6 nitrogen and oxygen atoms in total. The van der Waals surface area contributed by atoms with Gasteiger partial charge in [0.05, 0.1) is 11.9 Å². The first-order chi connectivity index (χ1) is 12.7. The molecule has 1 amide bonds. The van der Waals surface area contributed by atoms with Crippen LogP contribution in [0.15, 0.2) is 60.8 Å². The summed E-state index contributed by atoms with van der Waals surface area (Å²) < 4.78 is 23.8. The first kappa shape index (κ1) is 15.9. The quantitative estimate of drug-likeness (QED) is 0.745. The number of halogens is 1. The number of nitrogens with zero attached hydrogens (tertiary/aromatic N) is 1. The Bertz CT molecular complexity index is 960. The molecular formula is C19H14FN3O3. The lowest BCUT2D eigenvalue weighted by Gasteiger charge is -2.08. The van der Waals surface area contributed by atoms with Crippen LogP contribution in [-0.2, 0) is 0 Å². The molecule has 1 aliphatic rings. The number of carbonyl (C=O) groups excluding carboxylic acids is 1. The molecule has 26 heavy (non-hydrogen) atoms. The number of anilines is 3. The Morgan fingerprint density at radius 2 is 1.81 bits per heavy atom. The molecule has 1 aliphatic heterocycles. The van der Waals surface area contributed by atoms with Crippen LogP contribution >= 0.6 is 0 Å². The van der Waals surface area contributed by atoms with E-state index in [9.17, 15) is 9.18 Å². The number of fused-ring (bicyclic) bond motifs is 1. The van der Waals surface area contributed by atoms with Crippen LogP contribution in [0, 0.1) is 5.82 Å². The zero-order valence-corrected chi connectivity index (χ0v) is 13.5. The van der Waals surface area contributed by atoms with Gasteiger partial charge in [-0.2, -0.15) is 0 Å². The smallest absolute Gasteiger partial charge is 0.274 e. The molecule has 0 atom stereocenters. The van der Waals surface area contributed by atoms with Gasteiger partial charge in [0.1, 0.15) is 11.5 Å². The number of hydrogen-bond acceptors (Lipinski definition) is 5. The number of carbonyl (C=O) groups is 1. The third-order valence-corrected chi connectivity index (χ3v) is 3.74. The molecule has 0 aliphatic carbocycles.